The zero-order valence-corrected chi connectivity index (χ0v) is 17.3. The van der Waals surface area contributed by atoms with Gasteiger partial charge in [-0.15, -0.1) is 0 Å². The van der Waals surface area contributed by atoms with Gasteiger partial charge in [-0.3, -0.25) is 9.48 Å². The van der Waals surface area contributed by atoms with Crippen molar-refractivity contribution in [3.8, 4) is 11.3 Å². The molecule has 1 N–H and O–H groups in total. The van der Waals surface area contributed by atoms with Crippen LogP contribution in [0.4, 0.5) is 4.39 Å². The van der Waals surface area contributed by atoms with Crippen molar-refractivity contribution in [2.24, 2.45) is 7.05 Å². The number of halogens is 1. The minimum atomic E-state index is -0.296. The maximum atomic E-state index is 13.2. The monoisotopic (exact) mass is 394 g/mol. The van der Waals surface area contributed by atoms with Gasteiger partial charge in [-0.25, -0.2) is 4.39 Å². The van der Waals surface area contributed by atoms with Crippen LogP contribution in [0.1, 0.15) is 34.6 Å². The Balaban J connectivity index is 1.72. The number of rotatable bonds is 7. The van der Waals surface area contributed by atoms with E-state index in [1.807, 2.05) is 14.1 Å². The topological polar surface area (TPSA) is 50.2 Å². The first kappa shape index (κ1) is 20.7. The van der Waals surface area contributed by atoms with Crippen LogP contribution in [-0.2, 0) is 13.5 Å². The summed E-state index contributed by atoms with van der Waals surface area (Å²) in [6.07, 6.45) is 1.000. The Morgan fingerprint density at radius 2 is 1.79 bits per heavy atom. The number of nitrogens with one attached hydrogen (secondary N) is 1. The smallest absolute Gasteiger partial charge is 0.271 e. The molecule has 152 valence electrons. The molecule has 0 fully saturated rings. The molecule has 1 atom stereocenters. The summed E-state index contributed by atoms with van der Waals surface area (Å²) in [5.41, 5.74) is 4.35. The molecule has 0 radical (unpaired) electrons. The van der Waals surface area contributed by atoms with Crippen molar-refractivity contribution in [1.29, 1.82) is 0 Å². The summed E-state index contributed by atoms with van der Waals surface area (Å²) in [6, 6.07) is 16.4. The lowest BCUT2D eigenvalue weighted by Gasteiger charge is -2.25. The molecule has 0 bridgehead atoms. The molecule has 5 nitrogen and oxygen atoms in total. The summed E-state index contributed by atoms with van der Waals surface area (Å²) in [6.45, 7) is 2.60. The lowest BCUT2D eigenvalue weighted by atomic mass is 10.0. The van der Waals surface area contributed by atoms with E-state index in [2.05, 4.69) is 46.5 Å². The molecule has 3 rings (SSSR count). The number of carbonyl (C=O) groups excluding carboxylic acids is 1. The van der Waals surface area contributed by atoms with Crippen LogP contribution in [0.3, 0.4) is 0 Å². The third-order valence-electron chi connectivity index (χ3n) is 5.10. The largest absolute Gasteiger partial charge is 0.349 e. The van der Waals surface area contributed by atoms with Crippen molar-refractivity contribution in [2.75, 3.05) is 20.6 Å². The van der Waals surface area contributed by atoms with Gasteiger partial charge in [0.25, 0.3) is 5.91 Å². The zero-order valence-electron chi connectivity index (χ0n) is 17.3. The van der Waals surface area contributed by atoms with Crippen LogP contribution in [0.2, 0.25) is 0 Å². The third kappa shape index (κ3) is 4.90. The normalized spacial score (nSPS) is 12.2. The van der Waals surface area contributed by atoms with Gasteiger partial charge in [0.1, 0.15) is 5.82 Å². The number of amides is 1. The van der Waals surface area contributed by atoms with Gasteiger partial charge in [-0.2, -0.15) is 5.10 Å². The maximum Gasteiger partial charge on any atom is 0.271 e. The summed E-state index contributed by atoms with van der Waals surface area (Å²) in [7, 11) is 5.77. The maximum absolute atomic E-state index is 13.2. The Morgan fingerprint density at radius 1 is 1.14 bits per heavy atom. The first-order valence-electron chi connectivity index (χ1n) is 9.72. The van der Waals surface area contributed by atoms with Crippen molar-refractivity contribution in [2.45, 2.75) is 19.4 Å². The molecular formula is C23H27FN4O. The van der Waals surface area contributed by atoms with E-state index in [1.54, 1.807) is 29.9 Å². The van der Waals surface area contributed by atoms with Crippen molar-refractivity contribution in [3.63, 3.8) is 0 Å². The Hall–Kier alpha value is -2.99. The zero-order chi connectivity index (χ0) is 21.0. The van der Waals surface area contributed by atoms with Crippen molar-refractivity contribution in [3.05, 3.63) is 77.2 Å². The number of nitrogens with zero attached hydrogens (tertiary/aromatic N) is 3. The van der Waals surface area contributed by atoms with Gasteiger partial charge >= 0.3 is 0 Å². The highest BCUT2D eigenvalue weighted by atomic mass is 19.1. The van der Waals surface area contributed by atoms with E-state index >= 15 is 0 Å². The number of aromatic nitrogens is 2. The molecule has 29 heavy (non-hydrogen) atoms. The summed E-state index contributed by atoms with van der Waals surface area (Å²) in [4.78, 5) is 14.8. The number of likely N-dealkylation sites (N-methyl/N-ethyl adjacent to an activating group) is 1. The molecule has 1 aromatic heterocycles. The fourth-order valence-electron chi connectivity index (χ4n) is 3.32. The second kappa shape index (κ2) is 9.01. The van der Waals surface area contributed by atoms with E-state index in [1.165, 1.54) is 17.7 Å². The van der Waals surface area contributed by atoms with Crippen LogP contribution in [0.5, 0.6) is 0 Å². The second-order valence-corrected chi connectivity index (χ2v) is 7.33. The van der Waals surface area contributed by atoms with E-state index in [0.717, 1.165) is 23.2 Å². The first-order chi connectivity index (χ1) is 13.9. The minimum Gasteiger partial charge on any atom is -0.349 e. The molecule has 0 aliphatic rings. The molecule has 1 heterocycles. The van der Waals surface area contributed by atoms with E-state index in [4.69, 9.17) is 0 Å². The van der Waals surface area contributed by atoms with Gasteiger partial charge < -0.3 is 10.2 Å². The molecular weight excluding hydrogens is 367 g/mol. The Labute approximate surface area is 171 Å². The van der Waals surface area contributed by atoms with Crippen LogP contribution >= 0.6 is 0 Å². The molecule has 2 aromatic carbocycles. The van der Waals surface area contributed by atoms with Gasteiger partial charge in [-0.05, 0) is 67.5 Å². The Kier molecular flexibility index (Phi) is 6.44. The summed E-state index contributed by atoms with van der Waals surface area (Å²) in [5, 5.41) is 7.32. The number of aryl methyl sites for hydroxylation is 2. The van der Waals surface area contributed by atoms with Crippen LogP contribution < -0.4 is 5.32 Å². The fraction of sp³-hybridized carbons (Fsp3) is 0.304. The van der Waals surface area contributed by atoms with E-state index in [0.29, 0.717) is 12.2 Å². The molecule has 0 saturated heterocycles. The van der Waals surface area contributed by atoms with Crippen molar-refractivity contribution < 1.29 is 9.18 Å². The van der Waals surface area contributed by atoms with Crippen molar-refractivity contribution in [1.82, 2.24) is 20.0 Å². The average molecular weight is 394 g/mol. The number of hydrogen-bond donors (Lipinski definition) is 1. The first-order valence-corrected chi connectivity index (χ1v) is 9.72. The Bertz CT molecular complexity index is 962. The summed E-state index contributed by atoms with van der Waals surface area (Å²) >= 11 is 0. The van der Waals surface area contributed by atoms with Gasteiger partial charge in [0, 0.05) is 13.6 Å². The van der Waals surface area contributed by atoms with Crippen LogP contribution in [0.25, 0.3) is 11.3 Å². The fourth-order valence-corrected chi connectivity index (χ4v) is 3.32. The predicted octanol–water partition coefficient (Wildman–Crippen LogP) is 3.82. The van der Waals surface area contributed by atoms with Crippen LogP contribution in [-0.4, -0.2) is 41.2 Å². The van der Waals surface area contributed by atoms with Gasteiger partial charge in [0.2, 0.25) is 0 Å². The van der Waals surface area contributed by atoms with E-state index in [-0.39, 0.29) is 17.8 Å². The highest BCUT2D eigenvalue weighted by Crippen LogP contribution is 2.21. The molecule has 1 amide bonds. The van der Waals surface area contributed by atoms with E-state index in [9.17, 15) is 9.18 Å². The van der Waals surface area contributed by atoms with E-state index < -0.39 is 0 Å². The predicted molar refractivity (Wildman–Crippen MR) is 113 cm³/mol. The molecule has 0 aliphatic heterocycles. The SMILES string of the molecule is CCc1ccc(C(CNC(=O)c2cc(-c3ccc(F)cc3)n(C)n2)N(C)C)cc1. The van der Waals surface area contributed by atoms with Gasteiger partial charge in [0.05, 0.1) is 11.7 Å². The molecule has 0 saturated carbocycles. The third-order valence-corrected chi connectivity index (χ3v) is 5.10. The van der Waals surface area contributed by atoms with Crippen molar-refractivity contribution >= 4 is 5.91 Å². The van der Waals surface area contributed by atoms with Gasteiger partial charge in [-0.1, -0.05) is 31.2 Å². The van der Waals surface area contributed by atoms with Gasteiger partial charge in [0.15, 0.2) is 5.69 Å². The molecule has 0 spiro atoms. The lowest BCUT2D eigenvalue weighted by molar-refractivity contribution is 0.0936. The standard InChI is InChI=1S/C23H27FN4O/c1-5-16-6-8-18(9-7-16)22(27(2)3)15-25-23(29)20-14-21(28(4)26-20)17-10-12-19(24)13-11-17/h6-14,22H,5,15H2,1-4H3,(H,25,29). The van der Waals surface area contributed by atoms with Crippen LogP contribution in [0, 0.1) is 5.82 Å². The second-order valence-electron chi connectivity index (χ2n) is 7.33. The van der Waals surface area contributed by atoms with Crippen LogP contribution in [0.15, 0.2) is 54.6 Å². The summed E-state index contributed by atoms with van der Waals surface area (Å²) < 4.78 is 14.8. The minimum absolute atomic E-state index is 0.0603. The highest BCUT2D eigenvalue weighted by Gasteiger charge is 2.18. The summed E-state index contributed by atoms with van der Waals surface area (Å²) in [5.74, 6) is -0.526. The highest BCUT2D eigenvalue weighted by molar-refractivity contribution is 5.93. The number of carbonyl (C=O) groups is 1. The molecule has 0 aliphatic carbocycles. The Morgan fingerprint density at radius 3 is 2.38 bits per heavy atom. The molecule has 3 aromatic rings. The lowest BCUT2D eigenvalue weighted by Crippen LogP contribution is -2.34. The molecule has 1 unspecified atom stereocenters. The number of hydrogen-bond acceptors (Lipinski definition) is 3. The quantitative estimate of drug-likeness (QED) is 0.663. The average Bonchev–Trinajstić information content (AvgIpc) is 3.10. The molecule has 6 heteroatoms. The number of benzene rings is 2.